The third kappa shape index (κ3) is 5.52. The molecule has 0 spiro atoms. The van der Waals surface area contributed by atoms with Gasteiger partial charge in [-0.25, -0.2) is 0 Å². The number of likely N-dealkylation sites (N-methyl/N-ethyl adjacent to an activating group) is 2. The number of hydrogen-bond donors (Lipinski definition) is 1. The van der Waals surface area contributed by atoms with Gasteiger partial charge in [-0.15, -0.1) is 11.3 Å². The van der Waals surface area contributed by atoms with Gasteiger partial charge in [0.2, 0.25) is 5.91 Å². The van der Waals surface area contributed by atoms with E-state index < -0.39 is 0 Å². The number of piperazine rings is 1. The minimum atomic E-state index is 0.0631. The number of carbonyl (C=O) groups excluding carboxylic acids is 1. The Balaban J connectivity index is 1.35. The minimum Gasteiger partial charge on any atom is -0.315 e. The van der Waals surface area contributed by atoms with E-state index in [-0.39, 0.29) is 5.91 Å². The van der Waals surface area contributed by atoms with E-state index in [4.69, 9.17) is 0 Å². The number of H-pyrrole nitrogens is 1. The Labute approximate surface area is 216 Å². The van der Waals surface area contributed by atoms with Gasteiger partial charge in [0.05, 0.1) is 11.9 Å². The zero-order valence-electron chi connectivity index (χ0n) is 21.0. The van der Waals surface area contributed by atoms with Gasteiger partial charge in [0.1, 0.15) is 5.69 Å². The van der Waals surface area contributed by atoms with Crippen molar-refractivity contribution in [1.29, 1.82) is 0 Å². The van der Waals surface area contributed by atoms with Crippen molar-refractivity contribution in [1.82, 2.24) is 20.0 Å². The van der Waals surface area contributed by atoms with E-state index in [1.54, 1.807) is 16.2 Å². The molecule has 184 valence electrons. The second-order valence-electron chi connectivity index (χ2n) is 9.49. The Morgan fingerprint density at radius 1 is 1.11 bits per heavy atom. The topological polar surface area (TPSA) is 55.5 Å². The first-order chi connectivity index (χ1) is 17.5. The maximum atomic E-state index is 12.9. The summed E-state index contributed by atoms with van der Waals surface area (Å²) in [6.45, 7) is 7.38. The first-order valence-corrected chi connectivity index (χ1v) is 13.1. The number of nitrogens with zero attached hydrogens (tertiary/aromatic N) is 4. The number of aromatic amines is 1. The van der Waals surface area contributed by atoms with Crippen molar-refractivity contribution >= 4 is 33.8 Å². The van der Waals surface area contributed by atoms with Gasteiger partial charge >= 0.3 is 0 Å². The van der Waals surface area contributed by atoms with Crippen LogP contribution in [0.5, 0.6) is 0 Å². The maximum absolute atomic E-state index is 12.9. The molecule has 3 heterocycles. The summed E-state index contributed by atoms with van der Waals surface area (Å²) in [6, 6.07) is 16.5. The zero-order valence-corrected chi connectivity index (χ0v) is 21.9. The first-order valence-electron chi connectivity index (χ1n) is 12.3. The van der Waals surface area contributed by atoms with Crippen LogP contribution in [0.1, 0.15) is 27.3 Å². The number of benzene rings is 2. The molecule has 1 aliphatic heterocycles. The summed E-state index contributed by atoms with van der Waals surface area (Å²) in [5.41, 5.74) is 5.76. The third-order valence-corrected chi connectivity index (χ3v) is 7.65. The standard InChI is InChI=1S/C29H31N5OS/c1-21-16-27-25(19-28(21)33(3)29(35)18-24-8-5-15-36-24)26(30-31-27)10-9-22-6-4-7-23(17-22)20-34-13-11-32(2)12-14-34/h4-8,15-17,19H,11-14,18,20H2,1-3H3,(H,30,31). The molecular formula is C29H31N5OS. The molecule has 7 heteroatoms. The van der Waals surface area contributed by atoms with Crippen molar-refractivity contribution < 1.29 is 4.79 Å². The molecule has 1 amide bonds. The molecule has 0 unspecified atom stereocenters. The molecule has 1 N–H and O–H groups in total. The molecule has 0 aliphatic carbocycles. The predicted molar refractivity (Wildman–Crippen MR) is 147 cm³/mol. The van der Waals surface area contributed by atoms with E-state index in [1.807, 2.05) is 49.7 Å². The summed E-state index contributed by atoms with van der Waals surface area (Å²) in [5, 5.41) is 10.5. The molecule has 1 saturated heterocycles. The molecule has 2 aromatic carbocycles. The zero-order chi connectivity index (χ0) is 25.1. The molecule has 2 aromatic heterocycles. The minimum absolute atomic E-state index is 0.0631. The number of aryl methyl sites for hydroxylation is 1. The van der Waals surface area contributed by atoms with Crippen LogP contribution in [0, 0.1) is 18.8 Å². The second-order valence-corrected chi connectivity index (χ2v) is 10.5. The Morgan fingerprint density at radius 3 is 2.72 bits per heavy atom. The van der Waals surface area contributed by atoms with Crippen molar-refractivity contribution in [3.05, 3.63) is 81.2 Å². The van der Waals surface area contributed by atoms with Crippen molar-refractivity contribution in [3.8, 4) is 11.8 Å². The number of thiophene rings is 1. The molecule has 5 rings (SSSR count). The maximum Gasteiger partial charge on any atom is 0.231 e. The van der Waals surface area contributed by atoms with Crippen molar-refractivity contribution in [2.24, 2.45) is 0 Å². The van der Waals surface area contributed by atoms with Crippen LogP contribution in [0.3, 0.4) is 0 Å². The highest BCUT2D eigenvalue weighted by atomic mass is 32.1. The molecule has 6 nitrogen and oxygen atoms in total. The number of rotatable bonds is 5. The lowest BCUT2D eigenvalue weighted by molar-refractivity contribution is -0.117. The smallest absolute Gasteiger partial charge is 0.231 e. The Kier molecular flexibility index (Phi) is 7.19. The van der Waals surface area contributed by atoms with Crippen LogP contribution < -0.4 is 4.90 Å². The number of carbonyl (C=O) groups is 1. The van der Waals surface area contributed by atoms with Crippen LogP contribution in [0.25, 0.3) is 10.9 Å². The molecule has 1 aliphatic rings. The first kappa shape index (κ1) is 24.3. The lowest BCUT2D eigenvalue weighted by atomic mass is 10.1. The summed E-state index contributed by atoms with van der Waals surface area (Å²) in [7, 11) is 4.01. The van der Waals surface area contributed by atoms with E-state index in [1.165, 1.54) is 5.56 Å². The number of fused-ring (bicyclic) bond motifs is 1. The molecule has 36 heavy (non-hydrogen) atoms. The van der Waals surface area contributed by atoms with Crippen LogP contribution in [-0.4, -0.2) is 66.2 Å². The lowest BCUT2D eigenvalue weighted by Crippen LogP contribution is -2.43. The summed E-state index contributed by atoms with van der Waals surface area (Å²) >= 11 is 1.60. The summed E-state index contributed by atoms with van der Waals surface area (Å²) in [6.07, 6.45) is 0.397. The van der Waals surface area contributed by atoms with Crippen molar-refractivity contribution in [2.75, 3.05) is 45.2 Å². The number of hydrogen-bond acceptors (Lipinski definition) is 5. The molecule has 0 atom stereocenters. The lowest BCUT2D eigenvalue weighted by Gasteiger charge is -2.32. The average Bonchev–Trinajstić information content (AvgIpc) is 3.53. The highest BCUT2D eigenvalue weighted by Crippen LogP contribution is 2.27. The average molecular weight is 498 g/mol. The predicted octanol–water partition coefficient (Wildman–Crippen LogP) is 4.29. The fraction of sp³-hybridized carbons (Fsp3) is 0.310. The molecule has 1 fully saturated rings. The van der Waals surface area contributed by atoms with Crippen LogP contribution >= 0.6 is 11.3 Å². The van der Waals surface area contributed by atoms with Crippen molar-refractivity contribution in [3.63, 3.8) is 0 Å². The number of aromatic nitrogens is 2. The monoisotopic (exact) mass is 497 g/mol. The van der Waals surface area contributed by atoms with Gasteiger partial charge < -0.3 is 9.80 Å². The highest BCUT2D eigenvalue weighted by molar-refractivity contribution is 7.10. The Bertz CT molecular complexity index is 1420. The molecule has 0 saturated carbocycles. The quantitative estimate of drug-likeness (QED) is 0.418. The van der Waals surface area contributed by atoms with E-state index >= 15 is 0 Å². The SMILES string of the molecule is Cc1cc2n[nH]c(C#Cc3cccc(CN4CCN(C)CC4)c3)c2cc1N(C)C(=O)Cc1cccs1. The summed E-state index contributed by atoms with van der Waals surface area (Å²) < 4.78 is 0. The molecule has 4 aromatic rings. The van der Waals surface area contributed by atoms with Crippen LogP contribution in [0.15, 0.2) is 53.9 Å². The van der Waals surface area contributed by atoms with Gasteiger partial charge in [-0.3, -0.25) is 14.8 Å². The van der Waals surface area contributed by atoms with E-state index in [2.05, 4.69) is 57.1 Å². The largest absolute Gasteiger partial charge is 0.315 e. The van der Waals surface area contributed by atoms with Gasteiger partial charge in [-0.2, -0.15) is 5.10 Å². The van der Waals surface area contributed by atoms with Gasteiger partial charge in [0.15, 0.2) is 0 Å². The Hall–Kier alpha value is -3.44. The van der Waals surface area contributed by atoms with Crippen LogP contribution in [0.2, 0.25) is 0 Å². The fourth-order valence-corrected chi connectivity index (χ4v) is 5.26. The Morgan fingerprint density at radius 2 is 1.94 bits per heavy atom. The number of anilines is 1. The van der Waals surface area contributed by atoms with Gasteiger partial charge in [0, 0.05) is 61.3 Å². The normalized spacial score (nSPS) is 14.5. The number of amides is 1. The highest BCUT2D eigenvalue weighted by Gasteiger charge is 2.17. The van der Waals surface area contributed by atoms with Gasteiger partial charge in [-0.1, -0.05) is 24.1 Å². The van der Waals surface area contributed by atoms with E-state index in [0.717, 1.165) is 71.0 Å². The third-order valence-electron chi connectivity index (χ3n) is 6.77. The fourth-order valence-electron chi connectivity index (χ4n) is 4.57. The van der Waals surface area contributed by atoms with Gasteiger partial charge in [0.25, 0.3) is 0 Å². The van der Waals surface area contributed by atoms with Gasteiger partial charge in [-0.05, 0) is 66.7 Å². The van der Waals surface area contributed by atoms with Crippen LogP contribution in [0.4, 0.5) is 5.69 Å². The molecule has 0 bridgehead atoms. The van der Waals surface area contributed by atoms with Crippen LogP contribution in [-0.2, 0) is 17.8 Å². The molecular weight excluding hydrogens is 466 g/mol. The van der Waals surface area contributed by atoms with Crippen molar-refractivity contribution in [2.45, 2.75) is 19.9 Å². The summed E-state index contributed by atoms with van der Waals surface area (Å²) in [5.74, 6) is 6.66. The number of nitrogens with one attached hydrogen (secondary N) is 1. The second kappa shape index (κ2) is 10.7. The van der Waals surface area contributed by atoms with E-state index in [0.29, 0.717) is 6.42 Å². The van der Waals surface area contributed by atoms with E-state index in [9.17, 15) is 4.79 Å². The summed E-state index contributed by atoms with van der Waals surface area (Å²) in [4.78, 5) is 20.6. The molecule has 0 radical (unpaired) electrons.